The van der Waals surface area contributed by atoms with Crippen LogP contribution < -0.4 is 5.32 Å². The highest BCUT2D eigenvalue weighted by Gasteiger charge is 2.20. The van der Waals surface area contributed by atoms with Gasteiger partial charge in [0, 0.05) is 5.56 Å². The largest absolute Gasteiger partial charge is 0.309 e. The first-order valence-corrected chi connectivity index (χ1v) is 5.92. The second-order valence-corrected chi connectivity index (χ2v) is 4.38. The average molecular weight is 265 g/mol. The molecule has 0 radical (unpaired) electrons. The number of benzene rings is 2. The van der Waals surface area contributed by atoms with Gasteiger partial charge in [0.05, 0.1) is 6.04 Å². The molecule has 0 saturated carbocycles. The second kappa shape index (κ2) is 5.45. The third kappa shape index (κ3) is 2.63. The highest BCUT2D eigenvalue weighted by Crippen LogP contribution is 2.27. The molecule has 2 aromatic carbocycles. The van der Waals surface area contributed by atoms with E-state index in [1.165, 1.54) is 37.3 Å². The first-order valence-electron chi connectivity index (χ1n) is 5.92. The Balaban J connectivity index is 2.51. The van der Waals surface area contributed by atoms with E-state index < -0.39 is 23.5 Å². The molecule has 0 aliphatic rings. The molecule has 1 unspecified atom stereocenters. The molecule has 0 amide bonds. The van der Waals surface area contributed by atoms with E-state index in [4.69, 9.17) is 0 Å². The van der Waals surface area contributed by atoms with Gasteiger partial charge in [-0.25, -0.2) is 13.2 Å². The summed E-state index contributed by atoms with van der Waals surface area (Å²) in [4.78, 5) is 0. The lowest BCUT2D eigenvalue weighted by Gasteiger charge is -2.18. The molecule has 0 spiro atoms. The van der Waals surface area contributed by atoms with Gasteiger partial charge in [-0.15, -0.1) is 0 Å². The molecule has 0 aromatic heterocycles. The zero-order chi connectivity index (χ0) is 14.0. The molecule has 1 atom stereocenters. The van der Waals surface area contributed by atoms with Gasteiger partial charge in [0.15, 0.2) is 11.6 Å². The van der Waals surface area contributed by atoms with Gasteiger partial charge < -0.3 is 5.32 Å². The number of hydrogen-bond acceptors (Lipinski definition) is 1. The van der Waals surface area contributed by atoms with Gasteiger partial charge in [-0.2, -0.15) is 0 Å². The van der Waals surface area contributed by atoms with Crippen LogP contribution in [0.25, 0.3) is 0 Å². The maximum Gasteiger partial charge on any atom is 0.164 e. The molecule has 1 N–H and O–H groups in total. The molecular formula is C15H14F3N. The molecule has 0 aliphatic heterocycles. The molecule has 19 heavy (non-hydrogen) atoms. The van der Waals surface area contributed by atoms with Gasteiger partial charge in [-0.3, -0.25) is 0 Å². The van der Waals surface area contributed by atoms with Crippen molar-refractivity contribution >= 4 is 0 Å². The molecule has 0 saturated heterocycles. The molecule has 0 bridgehead atoms. The van der Waals surface area contributed by atoms with E-state index in [2.05, 4.69) is 5.32 Å². The Bertz CT molecular complexity index is 596. The normalized spacial score (nSPS) is 12.5. The highest BCUT2D eigenvalue weighted by molar-refractivity contribution is 5.35. The predicted octanol–water partition coefficient (Wildman–Crippen LogP) is 3.72. The van der Waals surface area contributed by atoms with Gasteiger partial charge in [-0.05, 0) is 37.2 Å². The Morgan fingerprint density at radius 1 is 1.00 bits per heavy atom. The number of aryl methyl sites for hydroxylation is 1. The minimum atomic E-state index is -0.899. The van der Waals surface area contributed by atoms with Gasteiger partial charge in [-0.1, -0.05) is 24.3 Å². The van der Waals surface area contributed by atoms with Crippen molar-refractivity contribution in [2.45, 2.75) is 13.0 Å². The van der Waals surface area contributed by atoms with E-state index in [0.717, 1.165) is 0 Å². The van der Waals surface area contributed by atoms with E-state index >= 15 is 0 Å². The Morgan fingerprint density at radius 2 is 1.74 bits per heavy atom. The van der Waals surface area contributed by atoms with Gasteiger partial charge in [0.1, 0.15) is 5.82 Å². The smallest absolute Gasteiger partial charge is 0.164 e. The highest BCUT2D eigenvalue weighted by atomic mass is 19.2. The summed E-state index contributed by atoms with van der Waals surface area (Å²) in [6, 6.07) is 8.25. The van der Waals surface area contributed by atoms with Crippen molar-refractivity contribution in [3.8, 4) is 0 Å². The standard InChI is InChI=1S/C15H14F3N/c1-9-6-7-12(14(18)13(9)17)15(19-2)10-4-3-5-11(16)8-10/h3-8,15,19H,1-2H3. The molecule has 2 aromatic rings. The van der Waals surface area contributed by atoms with Crippen molar-refractivity contribution in [1.82, 2.24) is 5.32 Å². The minimum Gasteiger partial charge on any atom is -0.309 e. The molecule has 2 rings (SSSR count). The van der Waals surface area contributed by atoms with Crippen LogP contribution in [0.3, 0.4) is 0 Å². The minimum absolute atomic E-state index is 0.163. The maximum atomic E-state index is 14.0. The average Bonchev–Trinajstić information content (AvgIpc) is 2.40. The van der Waals surface area contributed by atoms with E-state index in [1.54, 1.807) is 13.1 Å². The molecular weight excluding hydrogens is 251 g/mol. The molecule has 0 fully saturated rings. The fourth-order valence-corrected chi connectivity index (χ4v) is 2.07. The van der Waals surface area contributed by atoms with Crippen molar-refractivity contribution in [3.05, 3.63) is 70.5 Å². The molecule has 4 heteroatoms. The van der Waals surface area contributed by atoms with Crippen LogP contribution in [0.15, 0.2) is 36.4 Å². The third-order valence-corrected chi connectivity index (χ3v) is 3.09. The number of rotatable bonds is 3. The summed E-state index contributed by atoms with van der Waals surface area (Å²) in [7, 11) is 1.62. The van der Waals surface area contributed by atoms with Crippen LogP contribution in [0.5, 0.6) is 0 Å². The van der Waals surface area contributed by atoms with E-state index in [-0.39, 0.29) is 11.1 Å². The van der Waals surface area contributed by atoms with Crippen LogP contribution in [0.4, 0.5) is 13.2 Å². The van der Waals surface area contributed by atoms with Crippen molar-refractivity contribution < 1.29 is 13.2 Å². The third-order valence-electron chi connectivity index (χ3n) is 3.09. The Hall–Kier alpha value is -1.81. The quantitative estimate of drug-likeness (QED) is 0.891. The zero-order valence-electron chi connectivity index (χ0n) is 10.7. The summed E-state index contributed by atoms with van der Waals surface area (Å²) in [5, 5.41) is 2.88. The lowest BCUT2D eigenvalue weighted by molar-refractivity contribution is 0.482. The summed E-state index contributed by atoms with van der Waals surface area (Å²) in [6.07, 6.45) is 0. The summed E-state index contributed by atoms with van der Waals surface area (Å²) >= 11 is 0. The van der Waals surface area contributed by atoms with Crippen LogP contribution in [-0.2, 0) is 0 Å². The van der Waals surface area contributed by atoms with Crippen molar-refractivity contribution in [2.24, 2.45) is 0 Å². The molecule has 100 valence electrons. The summed E-state index contributed by atoms with van der Waals surface area (Å²) in [5.74, 6) is -2.18. The molecule has 1 nitrogen and oxygen atoms in total. The van der Waals surface area contributed by atoms with Crippen molar-refractivity contribution in [3.63, 3.8) is 0 Å². The second-order valence-electron chi connectivity index (χ2n) is 4.38. The summed E-state index contributed by atoms with van der Waals surface area (Å²) in [6.45, 7) is 1.50. The number of nitrogens with one attached hydrogen (secondary N) is 1. The maximum absolute atomic E-state index is 14.0. The van der Waals surface area contributed by atoms with Gasteiger partial charge >= 0.3 is 0 Å². The van der Waals surface area contributed by atoms with Crippen molar-refractivity contribution in [1.29, 1.82) is 0 Å². The SMILES string of the molecule is CNC(c1cccc(F)c1)c1ccc(C)c(F)c1F. The molecule has 0 aliphatic carbocycles. The Kier molecular flexibility index (Phi) is 3.90. The lowest BCUT2D eigenvalue weighted by atomic mass is 9.97. The lowest BCUT2D eigenvalue weighted by Crippen LogP contribution is -2.19. The van der Waals surface area contributed by atoms with Crippen LogP contribution in [0, 0.1) is 24.4 Å². The first-order chi connectivity index (χ1) is 9.04. The fraction of sp³-hybridized carbons (Fsp3) is 0.200. The zero-order valence-corrected chi connectivity index (χ0v) is 10.7. The Labute approximate surface area is 110 Å². The van der Waals surface area contributed by atoms with Gasteiger partial charge in [0.2, 0.25) is 0 Å². The topological polar surface area (TPSA) is 12.0 Å². The fourth-order valence-electron chi connectivity index (χ4n) is 2.07. The van der Waals surface area contributed by atoms with Gasteiger partial charge in [0.25, 0.3) is 0 Å². The van der Waals surface area contributed by atoms with E-state index in [9.17, 15) is 13.2 Å². The van der Waals surface area contributed by atoms with Crippen LogP contribution in [0.1, 0.15) is 22.7 Å². The van der Waals surface area contributed by atoms with E-state index in [1.807, 2.05) is 0 Å². The van der Waals surface area contributed by atoms with Crippen LogP contribution in [0.2, 0.25) is 0 Å². The summed E-state index contributed by atoms with van der Waals surface area (Å²) in [5.41, 5.74) is 0.955. The van der Waals surface area contributed by atoms with Crippen LogP contribution in [-0.4, -0.2) is 7.05 Å². The number of halogens is 3. The monoisotopic (exact) mass is 265 g/mol. The first kappa shape index (κ1) is 13.6. The van der Waals surface area contributed by atoms with Crippen molar-refractivity contribution in [2.75, 3.05) is 7.05 Å². The summed E-state index contributed by atoms with van der Waals surface area (Å²) < 4.78 is 40.8. The van der Waals surface area contributed by atoms with E-state index in [0.29, 0.717) is 5.56 Å². The number of hydrogen-bond donors (Lipinski definition) is 1. The molecule has 0 heterocycles. The predicted molar refractivity (Wildman–Crippen MR) is 68.4 cm³/mol. The van der Waals surface area contributed by atoms with Crippen LogP contribution >= 0.6 is 0 Å². The Morgan fingerprint density at radius 3 is 2.37 bits per heavy atom.